The quantitative estimate of drug-likeness (QED) is 0.513. The molecule has 0 saturated heterocycles. The maximum absolute atomic E-state index is 13.6. The fourth-order valence-electron chi connectivity index (χ4n) is 3.41. The zero-order valence-electron chi connectivity index (χ0n) is 16.4. The van der Waals surface area contributed by atoms with E-state index in [4.69, 9.17) is 4.74 Å². The number of carbonyl (C=O) groups is 1. The monoisotopic (exact) mass is 504 g/mol. The summed E-state index contributed by atoms with van der Waals surface area (Å²) in [5.74, 6) is -2.55. The van der Waals surface area contributed by atoms with Crippen molar-refractivity contribution in [3.8, 4) is 0 Å². The molecule has 1 atom stereocenters. The van der Waals surface area contributed by atoms with Crippen molar-refractivity contribution in [2.24, 2.45) is 4.99 Å². The molecule has 0 amide bonds. The average Bonchev–Trinajstić information content (AvgIpc) is 3.04. The normalized spacial score (nSPS) is 16.2. The summed E-state index contributed by atoms with van der Waals surface area (Å²) < 4.78 is 34.4. The number of aromatic nitrogens is 1. The Hall–Kier alpha value is -2.91. The SMILES string of the molecule is COC(=O)C1=C(C)N=c2s/c(=C\c3ccc(F)c(F)c3)c(=O)n2C1c1ccc(Br)cc1. The van der Waals surface area contributed by atoms with Crippen molar-refractivity contribution in [3.63, 3.8) is 0 Å². The lowest BCUT2D eigenvalue weighted by molar-refractivity contribution is -0.136. The largest absolute Gasteiger partial charge is 0.466 e. The third kappa shape index (κ3) is 3.90. The summed E-state index contributed by atoms with van der Waals surface area (Å²) in [6.45, 7) is 1.69. The number of ether oxygens (including phenoxy) is 1. The van der Waals surface area contributed by atoms with E-state index in [1.807, 2.05) is 24.3 Å². The number of hydrogen-bond acceptors (Lipinski definition) is 5. The molecule has 158 valence electrons. The van der Waals surface area contributed by atoms with E-state index in [1.54, 1.807) is 6.92 Å². The van der Waals surface area contributed by atoms with Gasteiger partial charge in [-0.05, 0) is 48.4 Å². The smallest absolute Gasteiger partial charge is 0.338 e. The predicted molar refractivity (Wildman–Crippen MR) is 116 cm³/mol. The third-order valence-corrected chi connectivity index (χ3v) is 6.37. The maximum Gasteiger partial charge on any atom is 0.338 e. The second-order valence-electron chi connectivity index (χ2n) is 6.80. The van der Waals surface area contributed by atoms with Crippen LogP contribution in [0.1, 0.15) is 24.1 Å². The molecule has 0 aliphatic carbocycles. The molecule has 0 bridgehead atoms. The van der Waals surface area contributed by atoms with Crippen molar-refractivity contribution in [1.29, 1.82) is 0 Å². The van der Waals surface area contributed by atoms with Crippen molar-refractivity contribution in [2.45, 2.75) is 13.0 Å². The van der Waals surface area contributed by atoms with Crippen LogP contribution >= 0.6 is 27.3 Å². The number of benzene rings is 2. The second-order valence-corrected chi connectivity index (χ2v) is 8.72. The maximum atomic E-state index is 13.6. The molecule has 0 radical (unpaired) electrons. The van der Waals surface area contributed by atoms with Crippen molar-refractivity contribution in [3.05, 3.63) is 101 Å². The molecule has 2 heterocycles. The molecule has 1 aromatic heterocycles. The van der Waals surface area contributed by atoms with E-state index in [0.717, 1.165) is 27.9 Å². The van der Waals surface area contributed by atoms with Gasteiger partial charge in [-0.3, -0.25) is 9.36 Å². The number of methoxy groups -OCH3 is 1. The van der Waals surface area contributed by atoms with Crippen LogP contribution in [-0.4, -0.2) is 17.6 Å². The van der Waals surface area contributed by atoms with E-state index in [1.165, 1.54) is 23.8 Å². The molecule has 9 heteroatoms. The van der Waals surface area contributed by atoms with Crippen LogP contribution in [0.5, 0.6) is 0 Å². The van der Waals surface area contributed by atoms with Gasteiger partial charge in [-0.25, -0.2) is 18.6 Å². The van der Waals surface area contributed by atoms with E-state index in [2.05, 4.69) is 20.9 Å². The number of esters is 1. The van der Waals surface area contributed by atoms with Crippen molar-refractivity contribution < 1.29 is 18.3 Å². The lowest BCUT2D eigenvalue weighted by atomic mass is 9.96. The molecule has 3 aromatic rings. The number of fused-ring (bicyclic) bond motifs is 1. The molecule has 31 heavy (non-hydrogen) atoms. The zero-order chi connectivity index (χ0) is 22.3. The molecule has 5 nitrogen and oxygen atoms in total. The highest BCUT2D eigenvalue weighted by molar-refractivity contribution is 9.10. The molecule has 1 unspecified atom stereocenters. The van der Waals surface area contributed by atoms with Crippen molar-refractivity contribution in [2.75, 3.05) is 7.11 Å². The minimum atomic E-state index is -1.00. The Kier molecular flexibility index (Phi) is 5.72. The molecule has 4 rings (SSSR count). The Balaban J connectivity index is 1.97. The van der Waals surface area contributed by atoms with Crippen LogP contribution in [0, 0.1) is 11.6 Å². The Morgan fingerprint density at radius 2 is 1.90 bits per heavy atom. The first-order chi connectivity index (χ1) is 14.8. The van der Waals surface area contributed by atoms with Crippen LogP contribution in [-0.2, 0) is 9.53 Å². The minimum absolute atomic E-state index is 0.261. The Labute approximate surface area is 187 Å². The molecular weight excluding hydrogens is 490 g/mol. The highest BCUT2D eigenvalue weighted by Gasteiger charge is 2.33. The molecule has 2 aromatic carbocycles. The second kappa shape index (κ2) is 8.32. The minimum Gasteiger partial charge on any atom is -0.466 e. The van der Waals surface area contributed by atoms with E-state index < -0.39 is 29.2 Å². The number of halogens is 3. The summed E-state index contributed by atoms with van der Waals surface area (Å²) in [4.78, 5) is 30.7. The van der Waals surface area contributed by atoms with Gasteiger partial charge >= 0.3 is 5.97 Å². The number of allylic oxidation sites excluding steroid dienone is 1. The van der Waals surface area contributed by atoms with Crippen LogP contribution < -0.4 is 14.9 Å². The third-order valence-electron chi connectivity index (χ3n) is 4.85. The molecule has 0 saturated carbocycles. The van der Waals surface area contributed by atoms with Crippen LogP contribution in [0.2, 0.25) is 0 Å². The van der Waals surface area contributed by atoms with Gasteiger partial charge < -0.3 is 4.74 Å². The first-order valence-corrected chi connectivity index (χ1v) is 10.7. The summed E-state index contributed by atoms with van der Waals surface area (Å²) in [5.41, 5.74) is 1.36. The van der Waals surface area contributed by atoms with Gasteiger partial charge in [0, 0.05) is 4.47 Å². The predicted octanol–water partition coefficient (Wildman–Crippen LogP) is 3.45. The summed E-state index contributed by atoms with van der Waals surface area (Å²) in [5, 5.41) is 0. The summed E-state index contributed by atoms with van der Waals surface area (Å²) in [6, 6.07) is 9.92. The van der Waals surface area contributed by atoms with E-state index >= 15 is 0 Å². The molecule has 1 aliphatic heterocycles. The zero-order valence-corrected chi connectivity index (χ0v) is 18.8. The molecule has 0 fully saturated rings. The highest BCUT2D eigenvalue weighted by atomic mass is 79.9. The van der Waals surface area contributed by atoms with E-state index in [0.29, 0.717) is 21.6 Å². The first kappa shape index (κ1) is 21.3. The lowest BCUT2D eigenvalue weighted by Gasteiger charge is -2.24. The van der Waals surface area contributed by atoms with Gasteiger partial charge in [0.05, 0.1) is 29.0 Å². The Morgan fingerprint density at radius 1 is 1.19 bits per heavy atom. The van der Waals surface area contributed by atoms with E-state index in [9.17, 15) is 18.4 Å². The molecule has 0 N–H and O–H groups in total. The Morgan fingerprint density at radius 3 is 2.55 bits per heavy atom. The fraction of sp³-hybridized carbons (Fsp3) is 0.136. The van der Waals surface area contributed by atoms with Gasteiger partial charge in [-0.1, -0.05) is 45.5 Å². The fourth-order valence-corrected chi connectivity index (χ4v) is 4.72. The van der Waals surface area contributed by atoms with Crippen LogP contribution in [0.25, 0.3) is 6.08 Å². The number of carbonyl (C=O) groups excluding carboxylic acids is 1. The number of thiazole rings is 1. The van der Waals surface area contributed by atoms with Gasteiger partial charge in [0.25, 0.3) is 5.56 Å². The van der Waals surface area contributed by atoms with Crippen LogP contribution in [0.4, 0.5) is 8.78 Å². The first-order valence-electron chi connectivity index (χ1n) is 9.11. The summed E-state index contributed by atoms with van der Waals surface area (Å²) >= 11 is 4.50. The van der Waals surface area contributed by atoms with Crippen LogP contribution in [0.15, 0.2) is 68.0 Å². The van der Waals surface area contributed by atoms with Crippen molar-refractivity contribution in [1.82, 2.24) is 4.57 Å². The molecular formula is C22H15BrF2N2O3S. The number of rotatable bonds is 3. The van der Waals surface area contributed by atoms with Gasteiger partial charge in [-0.15, -0.1) is 0 Å². The van der Waals surface area contributed by atoms with Crippen LogP contribution in [0.3, 0.4) is 0 Å². The van der Waals surface area contributed by atoms with E-state index in [-0.39, 0.29) is 10.1 Å². The highest BCUT2D eigenvalue weighted by Crippen LogP contribution is 2.31. The van der Waals surface area contributed by atoms with Gasteiger partial charge in [0.2, 0.25) is 0 Å². The average molecular weight is 505 g/mol. The molecule has 1 aliphatic rings. The van der Waals surface area contributed by atoms with Gasteiger partial charge in [0.1, 0.15) is 0 Å². The molecule has 0 spiro atoms. The summed E-state index contributed by atoms with van der Waals surface area (Å²) in [7, 11) is 1.27. The van der Waals surface area contributed by atoms with Gasteiger partial charge in [-0.2, -0.15) is 0 Å². The Bertz CT molecular complexity index is 1410. The van der Waals surface area contributed by atoms with Crippen molar-refractivity contribution >= 4 is 39.3 Å². The van der Waals surface area contributed by atoms with Gasteiger partial charge in [0.15, 0.2) is 16.4 Å². The standard InChI is InChI=1S/C22H15BrF2N2O3S/c1-11-18(21(29)30-2)19(13-4-6-14(23)7-5-13)27-20(28)17(31-22(27)26-11)10-12-3-8-15(24)16(25)9-12/h3-10,19H,1-2H3/b17-10-. The number of hydrogen-bond donors (Lipinski definition) is 0. The number of nitrogens with zero attached hydrogens (tertiary/aromatic N) is 2. The summed E-state index contributed by atoms with van der Waals surface area (Å²) in [6.07, 6.45) is 1.47. The topological polar surface area (TPSA) is 60.7 Å². The lowest BCUT2D eigenvalue weighted by Crippen LogP contribution is -2.39.